The molecule has 0 unspecified atom stereocenters. The first-order valence-electron chi connectivity index (χ1n) is 8.58. The van der Waals surface area contributed by atoms with E-state index in [0.29, 0.717) is 5.75 Å². The van der Waals surface area contributed by atoms with Gasteiger partial charge < -0.3 is 15.0 Å². The third kappa shape index (κ3) is 6.39. The van der Waals surface area contributed by atoms with E-state index in [4.69, 9.17) is 16.3 Å². The third-order valence-corrected chi connectivity index (χ3v) is 4.53. The molecule has 29 heavy (non-hydrogen) atoms. The van der Waals surface area contributed by atoms with Gasteiger partial charge >= 0.3 is 6.18 Å². The zero-order valence-corrected chi connectivity index (χ0v) is 16.8. The summed E-state index contributed by atoms with van der Waals surface area (Å²) in [5.74, 6) is -0.576. The molecule has 1 N–H and O–H groups in total. The van der Waals surface area contributed by atoms with Crippen LogP contribution in [0.3, 0.4) is 0 Å². The average molecular weight is 429 g/mol. The molecule has 156 valence electrons. The molecule has 0 bridgehead atoms. The van der Waals surface area contributed by atoms with Gasteiger partial charge in [-0.3, -0.25) is 9.59 Å². The fourth-order valence-corrected chi connectivity index (χ4v) is 2.61. The Morgan fingerprint density at radius 3 is 2.41 bits per heavy atom. The number of carbonyl (C=O) groups is 2. The topological polar surface area (TPSA) is 58.6 Å². The number of alkyl halides is 3. The second kappa shape index (κ2) is 9.17. The van der Waals surface area contributed by atoms with Gasteiger partial charge in [-0.25, -0.2) is 0 Å². The molecule has 0 atom stereocenters. The van der Waals surface area contributed by atoms with E-state index < -0.39 is 28.6 Å². The molecule has 2 rings (SSSR count). The first-order valence-corrected chi connectivity index (χ1v) is 8.96. The summed E-state index contributed by atoms with van der Waals surface area (Å²) >= 11 is 5.55. The van der Waals surface area contributed by atoms with Gasteiger partial charge in [0.2, 0.25) is 5.91 Å². The minimum absolute atomic E-state index is 0.0704. The van der Waals surface area contributed by atoms with Crippen molar-refractivity contribution in [1.82, 2.24) is 4.90 Å². The van der Waals surface area contributed by atoms with Crippen molar-refractivity contribution >= 4 is 29.1 Å². The Hall–Kier alpha value is -2.74. The lowest BCUT2D eigenvalue weighted by molar-refractivity contribution is -0.137. The predicted molar refractivity (Wildman–Crippen MR) is 104 cm³/mol. The van der Waals surface area contributed by atoms with E-state index in [1.165, 1.54) is 13.1 Å². The highest BCUT2D eigenvalue weighted by Gasteiger charge is 2.33. The van der Waals surface area contributed by atoms with Crippen LogP contribution in [0.2, 0.25) is 5.02 Å². The summed E-state index contributed by atoms with van der Waals surface area (Å²) in [4.78, 5) is 25.3. The molecular formula is C20H20ClF3N2O3. The van der Waals surface area contributed by atoms with Crippen molar-refractivity contribution in [3.8, 4) is 5.75 Å². The van der Waals surface area contributed by atoms with Crippen LogP contribution in [0.5, 0.6) is 5.75 Å². The normalized spacial score (nSPS) is 11.1. The fourth-order valence-electron chi connectivity index (χ4n) is 2.38. The third-order valence-electron chi connectivity index (χ3n) is 4.20. The van der Waals surface area contributed by atoms with Crippen molar-refractivity contribution in [2.75, 3.05) is 25.5 Å². The molecule has 0 saturated carbocycles. The lowest BCUT2D eigenvalue weighted by Crippen LogP contribution is -2.37. The monoisotopic (exact) mass is 428 g/mol. The summed E-state index contributed by atoms with van der Waals surface area (Å²) in [6.45, 7) is 3.25. The molecule has 5 nitrogen and oxygen atoms in total. The van der Waals surface area contributed by atoms with Crippen molar-refractivity contribution in [2.24, 2.45) is 0 Å². The second-order valence-electron chi connectivity index (χ2n) is 6.53. The van der Waals surface area contributed by atoms with E-state index >= 15 is 0 Å². The number of anilines is 1. The van der Waals surface area contributed by atoms with Gasteiger partial charge in [-0.2, -0.15) is 13.2 Å². The van der Waals surface area contributed by atoms with E-state index in [2.05, 4.69) is 5.32 Å². The maximum Gasteiger partial charge on any atom is 0.417 e. The summed E-state index contributed by atoms with van der Waals surface area (Å²) in [6, 6.07) is 8.44. The Bertz CT molecular complexity index is 916. The molecular weight excluding hydrogens is 409 g/mol. The zero-order chi connectivity index (χ0) is 21.8. The van der Waals surface area contributed by atoms with Gasteiger partial charge in [0.1, 0.15) is 5.75 Å². The number of hydrogen-bond donors (Lipinski definition) is 1. The standard InChI is InChI=1S/C20H20ClF3N2O3/c1-12-4-6-15(8-13(12)2)29-11-19(28)26(3)10-18(27)25-14-5-7-17(21)16(9-14)20(22,23)24/h4-9H,10-11H2,1-3H3,(H,25,27). The first-order chi connectivity index (χ1) is 13.5. The number of ether oxygens (including phenoxy) is 1. The maximum absolute atomic E-state index is 12.9. The Labute approximate surface area is 171 Å². The van der Waals surface area contributed by atoms with E-state index in [-0.39, 0.29) is 18.8 Å². The molecule has 2 aromatic carbocycles. The molecule has 0 aliphatic heterocycles. The van der Waals surface area contributed by atoms with Crippen LogP contribution in [0.25, 0.3) is 0 Å². The molecule has 2 amide bonds. The number of hydrogen-bond acceptors (Lipinski definition) is 3. The summed E-state index contributed by atoms with van der Waals surface area (Å²) in [7, 11) is 1.40. The average Bonchev–Trinajstić information content (AvgIpc) is 2.63. The van der Waals surface area contributed by atoms with Gasteiger partial charge in [0, 0.05) is 12.7 Å². The van der Waals surface area contributed by atoms with Crippen LogP contribution in [0.4, 0.5) is 18.9 Å². The molecule has 2 aromatic rings. The fraction of sp³-hybridized carbons (Fsp3) is 0.300. The van der Waals surface area contributed by atoms with Crippen LogP contribution in [-0.4, -0.2) is 36.9 Å². The molecule has 0 heterocycles. The molecule has 9 heteroatoms. The maximum atomic E-state index is 12.9. The largest absolute Gasteiger partial charge is 0.484 e. The minimum atomic E-state index is -4.64. The number of nitrogens with zero attached hydrogens (tertiary/aromatic N) is 1. The zero-order valence-electron chi connectivity index (χ0n) is 16.1. The second-order valence-corrected chi connectivity index (χ2v) is 6.93. The van der Waals surface area contributed by atoms with Crippen molar-refractivity contribution < 1.29 is 27.5 Å². The molecule has 0 saturated heterocycles. The smallest absolute Gasteiger partial charge is 0.417 e. The van der Waals surface area contributed by atoms with Gasteiger partial charge in [-0.15, -0.1) is 0 Å². The van der Waals surface area contributed by atoms with Gasteiger partial charge in [0.25, 0.3) is 5.91 Å². The Kier molecular flexibility index (Phi) is 7.13. The number of aryl methyl sites for hydroxylation is 2. The van der Waals surface area contributed by atoms with Crippen molar-refractivity contribution in [2.45, 2.75) is 20.0 Å². The van der Waals surface area contributed by atoms with Crippen LogP contribution in [-0.2, 0) is 15.8 Å². The van der Waals surface area contributed by atoms with E-state index in [9.17, 15) is 22.8 Å². The quantitative estimate of drug-likeness (QED) is 0.739. The van der Waals surface area contributed by atoms with Crippen LogP contribution < -0.4 is 10.1 Å². The Morgan fingerprint density at radius 1 is 1.10 bits per heavy atom. The Balaban J connectivity index is 1.91. The molecule has 0 spiro atoms. The highest BCUT2D eigenvalue weighted by Crippen LogP contribution is 2.36. The van der Waals surface area contributed by atoms with Gasteiger partial charge in [0.15, 0.2) is 6.61 Å². The number of halogens is 4. The van der Waals surface area contributed by atoms with Crippen LogP contribution in [0, 0.1) is 13.8 Å². The SMILES string of the molecule is Cc1ccc(OCC(=O)N(C)CC(=O)Nc2ccc(Cl)c(C(F)(F)F)c2)cc1C. The molecule has 0 aliphatic rings. The van der Waals surface area contributed by atoms with E-state index in [1.807, 2.05) is 19.9 Å². The summed E-state index contributed by atoms with van der Waals surface area (Å²) in [5.41, 5.74) is 0.986. The highest BCUT2D eigenvalue weighted by molar-refractivity contribution is 6.31. The van der Waals surface area contributed by atoms with Gasteiger partial charge in [0.05, 0.1) is 17.1 Å². The van der Waals surface area contributed by atoms with Crippen LogP contribution in [0.15, 0.2) is 36.4 Å². The number of carbonyl (C=O) groups excluding carboxylic acids is 2. The van der Waals surface area contributed by atoms with E-state index in [0.717, 1.165) is 28.2 Å². The van der Waals surface area contributed by atoms with Crippen LogP contribution in [0.1, 0.15) is 16.7 Å². The number of likely N-dealkylation sites (N-methyl/N-ethyl adjacent to an activating group) is 1. The number of rotatable bonds is 6. The predicted octanol–water partition coefficient (Wildman–Crippen LogP) is 4.45. The van der Waals surface area contributed by atoms with Crippen molar-refractivity contribution in [1.29, 1.82) is 0 Å². The molecule has 0 radical (unpaired) electrons. The Morgan fingerprint density at radius 2 is 1.79 bits per heavy atom. The van der Waals surface area contributed by atoms with Crippen molar-refractivity contribution in [3.63, 3.8) is 0 Å². The van der Waals surface area contributed by atoms with Gasteiger partial charge in [-0.05, 0) is 55.3 Å². The molecule has 0 fully saturated rings. The van der Waals surface area contributed by atoms with Crippen molar-refractivity contribution in [3.05, 3.63) is 58.1 Å². The number of benzene rings is 2. The molecule has 0 aliphatic carbocycles. The number of nitrogens with one attached hydrogen (secondary N) is 1. The lowest BCUT2D eigenvalue weighted by Gasteiger charge is -2.18. The van der Waals surface area contributed by atoms with Crippen LogP contribution >= 0.6 is 11.6 Å². The minimum Gasteiger partial charge on any atom is -0.484 e. The summed E-state index contributed by atoms with van der Waals surface area (Å²) in [5, 5.41) is 1.86. The summed E-state index contributed by atoms with van der Waals surface area (Å²) in [6.07, 6.45) is -4.64. The molecule has 0 aromatic heterocycles. The number of amides is 2. The summed E-state index contributed by atoms with van der Waals surface area (Å²) < 4.78 is 44.1. The van der Waals surface area contributed by atoms with Gasteiger partial charge in [-0.1, -0.05) is 17.7 Å². The van der Waals surface area contributed by atoms with E-state index in [1.54, 1.807) is 12.1 Å². The highest BCUT2D eigenvalue weighted by atomic mass is 35.5. The first kappa shape index (κ1) is 22.5. The lowest BCUT2D eigenvalue weighted by atomic mass is 10.1.